The Hall–Kier alpha value is -3.28. The Kier molecular flexibility index (Phi) is 9.43. The van der Waals surface area contributed by atoms with Gasteiger partial charge in [-0.3, -0.25) is 0 Å². The predicted molar refractivity (Wildman–Crippen MR) is 140 cm³/mol. The molecule has 0 radical (unpaired) electrons. The highest BCUT2D eigenvalue weighted by Gasteiger charge is 2.37. The average molecular weight is 599 g/mol. The van der Waals surface area contributed by atoms with E-state index in [1.165, 1.54) is 31.4 Å². The van der Waals surface area contributed by atoms with Gasteiger partial charge in [0.25, 0.3) is 0 Å². The van der Waals surface area contributed by atoms with E-state index in [9.17, 15) is 39.3 Å². The Morgan fingerprint density at radius 1 is 0.625 bits per heavy atom. The van der Waals surface area contributed by atoms with Crippen LogP contribution in [0.15, 0.2) is 111 Å². The summed E-state index contributed by atoms with van der Waals surface area (Å²) >= 11 is 0. The third-order valence-electron chi connectivity index (χ3n) is 5.62. The minimum Gasteiger partial charge on any atom is -0.744 e. The van der Waals surface area contributed by atoms with Crippen molar-refractivity contribution >= 4 is 21.0 Å². The van der Waals surface area contributed by atoms with E-state index in [1.54, 1.807) is 0 Å². The zero-order chi connectivity index (χ0) is 29.9. The van der Waals surface area contributed by atoms with Crippen LogP contribution in [0.5, 0.6) is 0 Å². The fraction of sp³-hybridized carbons (Fsp3) is 0.172. The van der Waals surface area contributed by atoms with Gasteiger partial charge >= 0.3 is 12.4 Å². The molecule has 0 heterocycles. The Bertz CT molecular complexity index is 1470. The van der Waals surface area contributed by atoms with E-state index in [-0.39, 0.29) is 29.1 Å². The maximum Gasteiger partial charge on any atom is 0.416 e. The van der Waals surface area contributed by atoms with Crippen LogP contribution >= 0.6 is 0 Å². The number of rotatable bonds is 4. The zero-order valence-corrected chi connectivity index (χ0v) is 23.1. The van der Waals surface area contributed by atoms with Crippen LogP contribution in [-0.2, 0) is 33.4 Å². The van der Waals surface area contributed by atoms with Gasteiger partial charge in [-0.05, 0) is 63.2 Å². The lowest BCUT2D eigenvalue weighted by molar-refractivity contribution is -0.143. The first-order valence-corrected chi connectivity index (χ1v) is 14.3. The van der Waals surface area contributed by atoms with Gasteiger partial charge in [0, 0.05) is 11.1 Å². The number of alkyl halides is 6. The van der Waals surface area contributed by atoms with Crippen LogP contribution in [0.3, 0.4) is 0 Å². The lowest BCUT2D eigenvalue weighted by Crippen LogP contribution is -2.13. The van der Waals surface area contributed by atoms with E-state index in [4.69, 9.17) is 0 Å². The number of hydrogen-bond donors (Lipinski definition) is 0. The van der Waals surface area contributed by atoms with Crippen molar-refractivity contribution in [3.63, 3.8) is 0 Å². The Labute approximate surface area is 231 Å². The number of benzene rings is 4. The number of hydrogen-bond acceptors (Lipinski definition) is 3. The van der Waals surface area contributed by atoms with Crippen molar-refractivity contribution < 1.29 is 39.3 Å². The molecule has 0 aliphatic heterocycles. The van der Waals surface area contributed by atoms with E-state index in [0.717, 1.165) is 0 Å². The SMILES string of the molecule is Cc1cc(C)c([S+](c2ccccc2)c2ccccc2)c(C)c1.O=S(=O)([O-])c1cc(C(F)(F)F)cc(C(F)(F)F)c1. The lowest BCUT2D eigenvalue weighted by Gasteiger charge is -2.15. The molecule has 4 aromatic rings. The summed E-state index contributed by atoms with van der Waals surface area (Å²) in [5.74, 6) is 0. The minimum absolute atomic E-state index is 0.0460. The zero-order valence-electron chi connectivity index (χ0n) is 21.5. The van der Waals surface area contributed by atoms with Gasteiger partial charge in [0.2, 0.25) is 0 Å². The molecule has 3 nitrogen and oxygen atoms in total. The van der Waals surface area contributed by atoms with E-state index in [1.807, 2.05) is 0 Å². The van der Waals surface area contributed by atoms with Gasteiger partial charge in [0.1, 0.15) is 10.1 Å². The summed E-state index contributed by atoms with van der Waals surface area (Å²) in [4.78, 5) is 2.64. The normalized spacial score (nSPS) is 12.2. The van der Waals surface area contributed by atoms with Crippen molar-refractivity contribution in [3.8, 4) is 0 Å². The third kappa shape index (κ3) is 7.89. The van der Waals surface area contributed by atoms with Crippen molar-refractivity contribution in [3.05, 3.63) is 119 Å². The average Bonchev–Trinajstić information content (AvgIpc) is 2.86. The first kappa shape index (κ1) is 31.3. The van der Waals surface area contributed by atoms with Gasteiger partial charge < -0.3 is 4.55 Å². The van der Waals surface area contributed by atoms with Crippen LogP contribution in [0.25, 0.3) is 0 Å². The van der Waals surface area contributed by atoms with Gasteiger partial charge in [-0.25, -0.2) is 8.42 Å². The first-order chi connectivity index (χ1) is 18.5. The highest BCUT2D eigenvalue weighted by molar-refractivity contribution is 7.97. The van der Waals surface area contributed by atoms with Crippen LogP contribution < -0.4 is 0 Å². The Balaban J connectivity index is 0.000000226. The van der Waals surface area contributed by atoms with Crippen molar-refractivity contribution in [2.24, 2.45) is 0 Å². The van der Waals surface area contributed by atoms with Crippen LogP contribution in [0.1, 0.15) is 27.8 Å². The molecule has 0 saturated carbocycles. The Morgan fingerprint density at radius 3 is 1.32 bits per heavy atom. The molecule has 0 amide bonds. The van der Waals surface area contributed by atoms with Crippen molar-refractivity contribution in [1.29, 1.82) is 0 Å². The summed E-state index contributed by atoms with van der Waals surface area (Å²) in [5.41, 5.74) is 0.393. The predicted octanol–water partition coefficient (Wildman–Crippen LogP) is 8.34. The molecule has 0 aliphatic rings. The fourth-order valence-electron chi connectivity index (χ4n) is 4.04. The summed E-state index contributed by atoms with van der Waals surface area (Å²) in [6.07, 6.45) is -10.4. The van der Waals surface area contributed by atoms with Gasteiger partial charge in [-0.1, -0.05) is 54.1 Å². The van der Waals surface area contributed by atoms with Gasteiger partial charge in [0.15, 0.2) is 14.7 Å². The summed E-state index contributed by atoms with van der Waals surface area (Å²) in [6.45, 7) is 6.65. The van der Waals surface area contributed by atoms with Crippen LogP contribution in [-0.4, -0.2) is 13.0 Å². The first-order valence-electron chi connectivity index (χ1n) is 11.7. The lowest BCUT2D eigenvalue weighted by atomic mass is 10.1. The van der Waals surface area contributed by atoms with Gasteiger partial charge in [-0.2, -0.15) is 26.3 Å². The second-order valence-corrected chi connectivity index (χ2v) is 12.2. The second-order valence-electron chi connectivity index (χ2n) is 8.86. The molecule has 40 heavy (non-hydrogen) atoms. The highest BCUT2D eigenvalue weighted by atomic mass is 32.2. The molecule has 0 bridgehead atoms. The second kappa shape index (κ2) is 12.1. The molecule has 0 aliphatic carbocycles. The maximum absolute atomic E-state index is 12.3. The van der Waals surface area contributed by atoms with Crippen molar-refractivity contribution in [2.45, 2.75) is 52.7 Å². The van der Waals surface area contributed by atoms with E-state index in [0.29, 0.717) is 0 Å². The van der Waals surface area contributed by atoms with Gasteiger partial charge in [0.05, 0.1) is 26.9 Å². The summed E-state index contributed by atoms with van der Waals surface area (Å²) in [5, 5.41) is 0. The largest absolute Gasteiger partial charge is 0.744 e. The summed E-state index contributed by atoms with van der Waals surface area (Å²) in [7, 11) is -5.46. The van der Waals surface area contributed by atoms with E-state index < -0.39 is 38.5 Å². The summed E-state index contributed by atoms with van der Waals surface area (Å²) < 4.78 is 105. The molecule has 0 saturated heterocycles. The molecule has 212 valence electrons. The van der Waals surface area contributed by atoms with Crippen LogP contribution in [0.4, 0.5) is 26.3 Å². The smallest absolute Gasteiger partial charge is 0.416 e. The topological polar surface area (TPSA) is 57.2 Å². The molecule has 11 heteroatoms. The third-order valence-corrected chi connectivity index (χ3v) is 8.97. The minimum atomic E-state index is -5.42. The molecule has 0 spiro atoms. The molecule has 4 aromatic carbocycles. The molecule has 0 aromatic heterocycles. The molecule has 4 rings (SSSR count). The molecule has 0 fully saturated rings. The van der Waals surface area contributed by atoms with Crippen LogP contribution in [0, 0.1) is 20.8 Å². The van der Waals surface area contributed by atoms with E-state index in [2.05, 4.69) is 93.6 Å². The fourth-order valence-corrected chi connectivity index (χ4v) is 6.95. The Morgan fingerprint density at radius 2 is 1.00 bits per heavy atom. The molecular weight excluding hydrogens is 574 g/mol. The molecule has 0 N–H and O–H groups in total. The highest BCUT2D eigenvalue weighted by Crippen LogP contribution is 2.37. The monoisotopic (exact) mass is 598 g/mol. The van der Waals surface area contributed by atoms with Gasteiger partial charge in [-0.15, -0.1) is 0 Å². The van der Waals surface area contributed by atoms with E-state index >= 15 is 0 Å². The molecular formula is C29H24F6O3S2. The van der Waals surface area contributed by atoms with Crippen LogP contribution in [0.2, 0.25) is 0 Å². The number of halogens is 6. The molecule has 0 unspecified atom stereocenters. The van der Waals surface area contributed by atoms with Crippen molar-refractivity contribution in [1.82, 2.24) is 0 Å². The molecule has 0 atom stereocenters. The number of aryl methyl sites for hydroxylation is 3. The van der Waals surface area contributed by atoms with Crippen molar-refractivity contribution in [2.75, 3.05) is 0 Å². The quantitative estimate of drug-likeness (QED) is 0.135. The summed E-state index contributed by atoms with van der Waals surface area (Å²) in [6, 6.07) is 25.7. The standard InChI is InChI=1S/C21H21S.C8H4F6O3S/c1-16-14-17(2)21(18(3)15-16)22(19-10-6-4-7-11-19)20-12-8-5-9-13-20;9-7(10,11)4-1-5(8(12,13)14)3-6(2-4)18(15,16)17/h4-15H,1-3H3;1-3H,(H,15,16,17)/q+1;/p-1. The maximum atomic E-state index is 12.3.